The van der Waals surface area contributed by atoms with E-state index in [1.165, 1.54) is 5.56 Å². The summed E-state index contributed by atoms with van der Waals surface area (Å²) in [4.78, 5) is 16.4. The topological polar surface area (TPSA) is 45.9 Å². The molecule has 5 heteroatoms. The molecule has 3 heterocycles. The van der Waals surface area contributed by atoms with E-state index in [2.05, 4.69) is 18.4 Å². The van der Waals surface area contributed by atoms with Crippen LogP contribution in [0.3, 0.4) is 0 Å². The van der Waals surface area contributed by atoms with Crippen LogP contribution in [-0.2, 0) is 16.1 Å². The van der Waals surface area contributed by atoms with Crippen molar-refractivity contribution >= 4 is 5.91 Å². The van der Waals surface area contributed by atoms with Gasteiger partial charge < -0.3 is 14.1 Å². The number of carbonyl (C=O) groups is 1. The van der Waals surface area contributed by atoms with Crippen LogP contribution in [-0.4, -0.2) is 53.6 Å². The normalized spacial score (nSPS) is 25.6. The average Bonchev–Trinajstić information content (AvgIpc) is 3.03. The Labute approximate surface area is 131 Å². The van der Waals surface area contributed by atoms with E-state index in [9.17, 15) is 4.79 Å². The highest BCUT2D eigenvalue weighted by molar-refractivity contribution is 5.79. The first-order valence-electron chi connectivity index (χ1n) is 7.92. The van der Waals surface area contributed by atoms with Gasteiger partial charge in [-0.15, -0.1) is 6.58 Å². The van der Waals surface area contributed by atoms with Gasteiger partial charge in [0.2, 0.25) is 5.91 Å². The number of nitrogens with zero attached hydrogens (tertiary/aromatic N) is 2. The number of hydrogen-bond donors (Lipinski definition) is 0. The Morgan fingerprint density at radius 1 is 1.45 bits per heavy atom. The second kappa shape index (κ2) is 6.26. The average molecular weight is 304 g/mol. The van der Waals surface area contributed by atoms with E-state index in [4.69, 9.17) is 9.15 Å². The van der Waals surface area contributed by atoms with Gasteiger partial charge in [-0.1, -0.05) is 6.08 Å². The molecule has 0 aromatic carbocycles. The monoisotopic (exact) mass is 304 g/mol. The molecule has 22 heavy (non-hydrogen) atoms. The summed E-state index contributed by atoms with van der Waals surface area (Å²) in [6.07, 6.45) is 7.21. The van der Waals surface area contributed by atoms with Gasteiger partial charge in [0.25, 0.3) is 0 Å². The van der Waals surface area contributed by atoms with Crippen LogP contribution in [0.15, 0.2) is 35.7 Å². The molecule has 1 aromatic heterocycles. The SMILES string of the molecule is C=CCN1C(=O)COC2(CCN(Cc3ccoc3)CC2)[C@H]1C. The number of ether oxygens (including phenoxy) is 1. The second-order valence-corrected chi connectivity index (χ2v) is 6.27. The fraction of sp³-hybridized carbons (Fsp3) is 0.588. The highest BCUT2D eigenvalue weighted by Crippen LogP contribution is 2.35. The molecule has 2 aliphatic heterocycles. The van der Waals surface area contributed by atoms with Crippen molar-refractivity contribution in [2.24, 2.45) is 0 Å². The summed E-state index contributed by atoms with van der Waals surface area (Å²) in [5, 5.41) is 0. The maximum Gasteiger partial charge on any atom is 0.249 e. The number of amides is 1. The second-order valence-electron chi connectivity index (χ2n) is 6.27. The Hall–Kier alpha value is -1.59. The molecule has 1 atom stereocenters. The number of morpholine rings is 1. The molecule has 0 saturated carbocycles. The molecular weight excluding hydrogens is 280 g/mol. The summed E-state index contributed by atoms with van der Waals surface area (Å²) in [6.45, 7) is 9.53. The van der Waals surface area contributed by atoms with Gasteiger partial charge in [0.05, 0.1) is 24.2 Å². The number of furan rings is 1. The van der Waals surface area contributed by atoms with Gasteiger partial charge in [0, 0.05) is 31.7 Å². The first-order chi connectivity index (χ1) is 10.6. The summed E-state index contributed by atoms with van der Waals surface area (Å²) < 4.78 is 11.2. The van der Waals surface area contributed by atoms with Gasteiger partial charge in [-0.3, -0.25) is 9.69 Å². The lowest BCUT2D eigenvalue weighted by molar-refractivity contribution is -0.185. The minimum atomic E-state index is -0.205. The smallest absolute Gasteiger partial charge is 0.249 e. The van der Waals surface area contributed by atoms with E-state index in [0.717, 1.165) is 32.5 Å². The van der Waals surface area contributed by atoms with Crippen molar-refractivity contribution in [3.8, 4) is 0 Å². The van der Waals surface area contributed by atoms with Crippen LogP contribution in [0.4, 0.5) is 0 Å². The lowest BCUT2D eigenvalue weighted by Gasteiger charge is -2.51. The molecule has 0 bridgehead atoms. The number of piperidine rings is 1. The molecule has 2 fully saturated rings. The van der Waals surface area contributed by atoms with E-state index in [1.807, 2.05) is 11.0 Å². The predicted octanol–water partition coefficient (Wildman–Crippen LogP) is 2.05. The zero-order chi connectivity index (χ0) is 15.6. The highest BCUT2D eigenvalue weighted by Gasteiger charge is 2.47. The van der Waals surface area contributed by atoms with E-state index in [-0.39, 0.29) is 24.2 Å². The Balaban J connectivity index is 1.63. The van der Waals surface area contributed by atoms with E-state index in [1.54, 1.807) is 18.6 Å². The predicted molar refractivity (Wildman–Crippen MR) is 83.3 cm³/mol. The molecule has 0 aliphatic carbocycles. The number of carbonyl (C=O) groups excluding carboxylic acids is 1. The number of likely N-dealkylation sites (tertiary alicyclic amines) is 1. The Bertz CT molecular complexity index is 518. The van der Waals surface area contributed by atoms with Crippen LogP contribution in [0.1, 0.15) is 25.3 Å². The molecule has 2 saturated heterocycles. The third-order valence-corrected chi connectivity index (χ3v) is 5.05. The third-order valence-electron chi connectivity index (χ3n) is 5.05. The van der Waals surface area contributed by atoms with Gasteiger partial charge in [0.1, 0.15) is 6.61 Å². The molecule has 2 aliphatic rings. The Morgan fingerprint density at radius 3 is 2.86 bits per heavy atom. The molecule has 3 rings (SSSR count). The lowest BCUT2D eigenvalue weighted by atomic mass is 9.82. The zero-order valence-corrected chi connectivity index (χ0v) is 13.2. The largest absolute Gasteiger partial charge is 0.472 e. The molecular formula is C17H24N2O3. The maximum absolute atomic E-state index is 12.0. The van der Waals surface area contributed by atoms with Gasteiger partial charge >= 0.3 is 0 Å². The fourth-order valence-electron chi connectivity index (χ4n) is 3.60. The lowest BCUT2D eigenvalue weighted by Crippen LogP contribution is -2.63. The summed E-state index contributed by atoms with van der Waals surface area (Å²) >= 11 is 0. The summed E-state index contributed by atoms with van der Waals surface area (Å²) in [5.41, 5.74) is 1.00. The van der Waals surface area contributed by atoms with E-state index < -0.39 is 0 Å². The van der Waals surface area contributed by atoms with Crippen LogP contribution >= 0.6 is 0 Å². The first-order valence-corrected chi connectivity index (χ1v) is 7.92. The Morgan fingerprint density at radius 2 is 2.23 bits per heavy atom. The molecule has 1 amide bonds. The molecule has 5 nitrogen and oxygen atoms in total. The molecule has 1 aromatic rings. The van der Waals surface area contributed by atoms with Crippen LogP contribution in [0.25, 0.3) is 0 Å². The molecule has 0 unspecified atom stereocenters. The molecule has 1 spiro atoms. The van der Waals surface area contributed by atoms with Crippen LogP contribution in [0.5, 0.6) is 0 Å². The fourth-order valence-corrected chi connectivity index (χ4v) is 3.60. The van der Waals surface area contributed by atoms with Gasteiger partial charge in [0.15, 0.2) is 0 Å². The maximum atomic E-state index is 12.0. The third kappa shape index (κ3) is 2.83. The molecule has 0 radical (unpaired) electrons. The zero-order valence-electron chi connectivity index (χ0n) is 13.2. The van der Waals surface area contributed by atoms with Crippen molar-refractivity contribution in [3.63, 3.8) is 0 Å². The van der Waals surface area contributed by atoms with Crippen LogP contribution < -0.4 is 0 Å². The minimum absolute atomic E-state index is 0.0684. The van der Waals surface area contributed by atoms with Gasteiger partial charge in [-0.25, -0.2) is 0 Å². The first kappa shape index (κ1) is 15.3. The van der Waals surface area contributed by atoms with Gasteiger partial charge in [-0.05, 0) is 25.8 Å². The summed E-state index contributed by atoms with van der Waals surface area (Å²) in [5.74, 6) is 0.0684. The molecule has 0 N–H and O–H groups in total. The number of rotatable bonds is 4. The minimum Gasteiger partial charge on any atom is -0.472 e. The van der Waals surface area contributed by atoms with Crippen molar-refractivity contribution in [2.45, 2.75) is 38.0 Å². The van der Waals surface area contributed by atoms with Crippen LogP contribution in [0, 0.1) is 0 Å². The quantitative estimate of drug-likeness (QED) is 0.799. The van der Waals surface area contributed by atoms with Gasteiger partial charge in [-0.2, -0.15) is 0 Å². The van der Waals surface area contributed by atoms with E-state index >= 15 is 0 Å². The van der Waals surface area contributed by atoms with Crippen molar-refractivity contribution in [2.75, 3.05) is 26.2 Å². The number of hydrogen-bond acceptors (Lipinski definition) is 4. The van der Waals surface area contributed by atoms with Crippen molar-refractivity contribution in [3.05, 3.63) is 36.8 Å². The van der Waals surface area contributed by atoms with Crippen LogP contribution in [0.2, 0.25) is 0 Å². The highest BCUT2D eigenvalue weighted by atomic mass is 16.5. The Kier molecular flexibility index (Phi) is 4.36. The van der Waals surface area contributed by atoms with Crippen molar-refractivity contribution < 1.29 is 13.9 Å². The summed E-state index contributed by atoms with van der Waals surface area (Å²) in [6, 6.07) is 2.11. The van der Waals surface area contributed by atoms with Crippen molar-refractivity contribution in [1.29, 1.82) is 0 Å². The molecule has 120 valence electrons. The van der Waals surface area contributed by atoms with Crippen molar-refractivity contribution in [1.82, 2.24) is 9.80 Å². The summed E-state index contributed by atoms with van der Waals surface area (Å²) in [7, 11) is 0. The standard InChI is InChI=1S/C17H24N2O3/c1-3-7-19-14(2)17(22-13-16(19)20)5-8-18(9-6-17)11-15-4-10-21-12-15/h3-4,10,12,14H,1,5-9,11,13H2,2H3/t14-/m1/s1. The van der Waals surface area contributed by atoms with E-state index in [0.29, 0.717) is 6.54 Å².